The van der Waals surface area contributed by atoms with E-state index in [1.165, 1.54) is 6.92 Å². The number of phenols is 1. The second-order valence-corrected chi connectivity index (χ2v) is 9.83. The third kappa shape index (κ3) is 3.77. The molecule has 2 aromatic carbocycles. The average molecular weight is 498 g/mol. The van der Waals surface area contributed by atoms with Crippen molar-refractivity contribution in [2.24, 2.45) is 0 Å². The van der Waals surface area contributed by atoms with E-state index in [0.29, 0.717) is 30.2 Å². The highest BCUT2D eigenvalue weighted by Gasteiger charge is 2.46. The quantitative estimate of drug-likeness (QED) is 0.425. The summed E-state index contributed by atoms with van der Waals surface area (Å²) >= 11 is 0. The summed E-state index contributed by atoms with van der Waals surface area (Å²) in [6.07, 6.45) is 0.613. The third-order valence-electron chi connectivity index (χ3n) is 7.67. The summed E-state index contributed by atoms with van der Waals surface area (Å²) < 4.78 is 23.2. The predicted molar refractivity (Wildman–Crippen MR) is 134 cm³/mol. The lowest BCUT2D eigenvalue weighted by Crippen LogP contribution is -2.58. The zero-order chi connectivity index (χ0) is 25.7. The van der Waals surface area contributed by atoms with Crippen molar-refractivity contribution in [2.45, 2.75) is 52.2 Å². The lowest BCUT2D eigenvalue weighted by Gasteiger charge is -2.50. The maximum Gasteiger partial charge on any atom is 0.308 e. The Labute approximate surface area is 211 Å². The molecule has 3 atom stereocenters. The number of phenolic OH excluding ortho intramolecular Hbond substituents is 1. The molecule has 0 aliphatic carbocycles. The summed E-state index contributed by atoms with van der Waals surface area (Å²) in [4.78, 5) is 14.6. The molecule has 0 aromatic heterocycles. The highest BCUT2D eigenvalue weighted by molar-refractivity contribution is 5.74. The first kappa shape index (κ1) is 24.7. The molecule has 1 unspecified atom stereocenters. The standard InChI is InChI=1S/C27H35N3O6/c1-13-9-14(2)24(33-6)23(32)20(13)22-18-10-17-21(19(11-28-5)30(18)8-7-29-22)27-26(34-12-35-27)15(3)25(17)36-16(4)31/h9,18-19,22,28-29,32H,7-8,10-12H2,1-6H3/t18?,19-,22-/m0/s1. The number of benzene rings is 2. The van der Waals surface area contributed by atoms with E-state index in [4.69, 9.17) is 18.9 Å². The van der Waals surface area contributed by atoms with Gasteiger partial charge in [0.15, 0.2) is 23.0 Å². The van der Waals surface area contributed by atoms with Crippen LogP contribution in [0.3, 0.4) is 0 Å². The number of rotatable bonds is 5. The zero-order valence-electron chi connectivity index (χ0n) is 21.8. The fourth-order valence-corrected chi connectivity index (χ4v) is 6.34. The monoisotopic (exact) mass is 497 g/mol. The number of carbonyl (C=O) groups excluding carboxylic acids is 1. The van der Waals surface area contributed by atoms with Gasteiger partial charge in [0.2, 0.25) is 6.79 Å². The van der Waals surface area contributed by atoms with Crippen LogP contribution in [0, 0.1) is 20.8 Å². The van der Waals surface area contributed by atoms with E-state index in [9.17, 15) is 9.90 Å². The van der Waals surface area contributed by atoms with Crippen LogP contribution in [0.5, 0.6) is 28.7 Å². The Morgan fingerprint density at radius 1 is 1.19 bits per heavy atom. The van der Waals surface area contributed by atoms with Gasteiger partial charge in [-0.3, -0.25) is 9.69 Å². The summed E-state index contributed by atoms with van der Waals surface area (Å²) in [6, 6.07) is 1.86. The molecule has 3 aliphatic heterocycles. The van der Waals surface area contributed by atoms with E-state index < -0.39 is 0 Å². The molecular formula is C27H35N3O6. The highest BCUT2D eigenvalue weighted by atomic mass is 16.7. The number of aromatic hydroxyl groups is 1. The number of nitrogens with zero attached hydrogens (tertiary/aromatic N) is 1. The van der Waals surface area contributed by atoms with Gasteiger partial charge in [0, 0.05) is 54.9 Å². The SMILES string of the molecule is CNC[C@H]1c2c(c(OC(C)=O)c(C)c3c2OCO3)CC2[C@@H](c3c(C)cc(C)c(OC)c3O)NCCN21. The van der Waals surface area contributed by atoms with Gasteiger partial charge in [-0.1, -0.05) is 6.07 Å². The van der Waals surface area contributed by atoms with Gasteiger partial charge >= 0.3 is 5.97 Å². The number of ether oxygens (including phenoxy) is 4. The molecule has 0 amide bonds. The largest absolute Gasteiger partial charge is 0.504 e. The van der Waals surface area contributed by atoms with Crippen LogP contribution in [0.25, 0.3) is 0 Å². The summed E-state index contributed by atoms with van der Waals surface area (Å²) in [5, 5.41) is 18.3. The minimum atomic E-state index is -0.373. The fraction of sp³-hybridized carbons (Fsp3) is 0.519. The van der Waals surface area contributed by atoms with Crippen molar-refractivity contribution in [3.8, 4) is 28.7 Å². The zero-order valence-corrected chi connectivity index (χ0v) is 21.8. The molecule has 9 heteroatoms. The number of fused-ring (bicyclic) bond motifs is 4. The van der Waals surface area contributed by atoms with Crippen LogP contribution in [-0.4, -0.2) is 62.6 Å². The van der Waals surface area contributed by atoms with Gasteiger partial charge in [-0.15, -0.1) is 0 Å². The Morgan fingerprint density at radius 3 is 2.64 bits per heavy atom. The Kier molecular flexibility index (Phi) is 6.48. The molecule has 3 aliphatic rings. The summed E-state index contributed by atoms with van der Waals surface area (Å²) in [5.74, 6) is 2.23. The number of methoxy groups -OCH3 is 1. The number of aryl methyl sites for hydroxylation is 2. The Hall–Kier alpha value is -3.01. The Bertz CT molecular complexity index is 1210. The Balaban J connectivity index is 1.70. The number of likely N-dealkylation sites (N-methyl/N-ethyl adjacent to an activating group) is 1. The minimum Gasteiger partial charge on any atom is -0.504 e. The molecule has 5 rings (SSSR count). The molecule has 0 bridgehead atoms. The minimum absolute atomic E-state index is 0.00399. The number of carbonyl (C=O) groups is 1. The van der Waals surface area contributed by atoms with Gasteiger partial charge in [-0.25, -0.2) is 0 Å². The van der Waals surface area contributed by atoms with E-state index in [0.717, 1.165) is 52.2 Å². The number of esters is 1. The number of nitrogens with one attached hydrogen (secondary N) is 2. The van der Waals surface area contributed by atoms with Crippen molar-refractivity contribution in [3.05, 3.63) is 39.4 Å². The van der Waals surface area contributed by atoms with E-state index >= 15 is 0 Å². The molecule has 0 radical (unpaired) electrons. The molecule has 0 saturated carbocycles. The molecule has 1 saturated heterocycles. The maximum absolute atomic E-state index is 12.1. The van der Waals surface area contributed by atoms with Gasteiger partial charge in [-0.2, -0.15) is 0 Å². The molecule has 2 aromatic rings. The van der Waals surface area contributed by atoms with Crippen molar-refractivity contribution in [1.82, 2.24) is 15.5 Å². The van der Waals surface area contributed by atoms with E-state index in [1.807, 2.05) is 27.8 Å². The molecule has 0 spiro atoms. The van der Waals surface area contributed by atoms with Crippen molar-refractivity contribution >= 4 is 5.97 Å². The van der Waals surface area contributed by atoms with Gasteiger partial charge in [0.05, 0.1) is 19.2 Å². The fourth-order valence-electron chi connectivity index (χ4n) is 6.34. The molecule has 36 heavy (non-hydrogen) atoms. The number of hydrogen-bond donors (Lipinski definition) is 3. The second-order valence-electron chi connectivity index (χ2n) is 9.83. The van der Waals surface area contributed by atoms with E-state index in [-0.39, 0.29) is 36.6 Å². The van der Waals surface area contributed by atoms with Crippen LogP contribution < -0.4 is 29.6 Å². The topological polar surface area (TPSA) is 102 Å². The van der Waals surface area contributed by atoms with Crippen LogP contribution in [0.2, 0.25) is 0 Å². The van der Waals surface area contributed by atoms with E-state index in [1.54, 1.807) is 7.11 Å². The first-order chi connectivity index (χ1) is 17.3. The Morgan fingerprint density at radius 2 is 1.94 bits per heavy atom. The summed E-state index contributed by atoms with van der Waals surface area (Å²) in [6.45, 7) is 9.68. The number of piperazine rings is 1. The van der Waals surface area contributed by atoms with Crippen LogP contribution in [0.15, 0.2) is 6.07 Å². The molecule has 1 fully saturated rings. The van der Waals surface area contributed by atoms with Crippen LogP contribution >= 0.6 is 0 Å². The molecular weight excluding hydrogens is 462 g/mol. The third-order valence-corrected chi connectivity index (χ3v) is 7.67. The van der Waals surface area contributed by atoms with Gasteiger partial charge < -0.3 is 34.7 Å². The van der Waals surface area contributed by atoms with E-state index in [2.05, 4.69) is 21.6 Å². The van der Waals surface area contributed by atoms with Crippen LogP contribution in [-0.2, 0) is 11.2 Å². The first-order valence-corrected chi connectivity index (χ1v) is 12.4. The van der Waals surface area contributed by atoms with Crippen molar-refractivity contribution < 1.29 is 28.8 Å². The van der Waals surface area contributed by atoms with Gasteiger partial charge in [0.25, 0.3) is 0 Å². The van der Waals surface area contributed by atoms with Crippen molar-refractivity contribution in [3.63, 3.8) is 0 Å². The van der Waals surface area contributed by atoms with Gasteiger partial charge in [-0.05, 0) is 45.4 Å². The highest BCUT2D eigenvalue weighted by Crippen LogP contribution is 2.54. The smallest absolute Gasteiger partial charge is 0.308 e. The predicted octanol–water partition coefficient (Wildman–Crippen LogP) is 2.81. The molecule has 3 heterocycles. The van der Waals surface area contributed by atoms with Crippen LogP contribution in [0.4, 0.5) is 0 Å². The molecule has 194 valence electrons. The number of hydrogen-bond acceptors (Lipinski definition) is 9. The first-order valence-electron chi connectivity index (χ1n) is 12.4. The lowest BCUT2D eigenvalue weighted by atomic mass is 9.79. The molecule has 3 N–H and O–H groups in total. The molecule has 9 nitrogen and oxygen atoms in total. The maximum atomic E-state index is 12.1. The summed E-state index contributed by atoms with van der Waals surface area (Å²) in [5.41, 5.74) is 5.47. The van der Waals surface area contributed by atoms with Gasteiger partial charge in [0.1, 0.15) is 5.75 Å². The second kappa shape index (κ2) is 9.46. The lowest BCUT2D eigenvalue weighted by molar-refractivity contribution is -0.132. The van der Waals surface area contributed by atoms with Crippen molar-refractivity contribution in [2.75, 3.05) is 40.6 Å². The van der Waals surface area contributed by atoms with Crippen LogP contribution in [0.1, 0.15) is 52.4 Å². The average Bonchev–Trinajstić information content (AvgIpc) is 3.32. The summed E-state index contributed by atoms with van der Waals surface area (Å²) in [7, 11) is 3.51. The van der Waals surface area contributed by atoms with Crippen molar-refractivity contribution in [1.29, 1.82) is 0 Å². The normalized spacial score (nSPS) is 22.7.